The molecule has 0 amide bonds. The zero-order valence-electron chi connectivity index (χ0n) is 17.5. The van der Waals surface area contributed by atoms with Crippen LogP contribution >= 0.6 is 11.6 Å². The van der Waals surface area contributed by atoms with Crippen molar-refractivity contribution in [3.63, 3.8) is 0 Å². The van der Waals surface area contributed by atoms with E-state index in [2.05, 4.69) is 5.18 Å². The van der Waals surface area contributed by atoms with Crippen LogP contribution in [0.1, 0.15) is 41.6 Å². The minimum Gasteiger partial charge on any atom is -0.393 e. The fourth-order valence-electron chi connectivity index (χ4n) is 4.45. The van der Waals surface area contributed by atoms with Crippen LogP contribution in [0.2, 0.25) is 5.02 Å². The third-order valence-corrected chi connectivity index (χ3v) is 6.82. The summed E-state index contributed by atoms with van der Waals surface area (Å²) in [5, 5.41) is 44.9. The van der Waals surface area contributed by atoms with E-state index in [-0.39, 0.29) is 12.6 Å². The van der Waals surface area contributed by atoms with Crippen LogP contribution in [0.15, 0.2) is 47.6 Å². The van der Waals surface area contributed by atoms with E-state index in [1.807, 2.05) is 31.2 Å². The van der Waals surface area contributed by atoms with Gasteiger partial charge in [-0.05, 0) is 41.7 Å². The topological polar surface area (TPSA) is 129 Å². The Balaban J connectivity index is 1.64. The van der Waals surface area contributed by atoms with E-state index in [0.717, 1.165) is 16.7 Å². The number of nitroso groups, excluding NO2 is 1. The summed E-state index contributed by atoms with van der Waals surface area (Å²) in [6, 6.07) is 12.1. The van der Waals surface area contributed by atoms with Crippen LogP contribution in [0.3, 0.4) is 0 Å². The normalized spacial score (nSPS) is 32.6. The highest BCUT2D eigenvalue weighted by atomic mass is 35.5. The third-order valence-electron chi connectivity index (χ3n) is 6.45. The Kier molecular flexibility index (Phi) is 6.39. The molecule has 2 bridgehead atoms. The predicted molar refractivity (Wildman–Crippen MR) is 116 cm³/mol. The number of ether oxygens (including phenoxy) is 2. The number of aliphatic hydroxyl groups excluding tert-OH is 4. The Labute approximate surface area is 190 Å². The molecule has 2 aromatic rings. The Morgan fingerprint density at radius 2 is 1.88 bits per heavy atom. The number of halogens is 1. The van der Waals surface area contributed by atoms with Crippen LogP contribution in [0.4, 0.5) is 0 Å². The lowest BCUT2D eigenvalue weighted by atomic mass is 9.83. The van der Waals surface area contributed by atoms with Gasteiger partial charge in [-0.2, -0.15) is 4.91 Å². The average molecular weight is 464 g/mol. The molecule has 2 aromatic carbocycles. The van der Waals surface area contributed by atoms with Crippen LogP contribution in [0.5, 0.6) is 0 Å². The maximum Gasteiger partial charge on any atom is 0.225 e. The van der Waals surface area contributed by atoms with E-state index in [1.54, 1.807) is 18.2 Å². The second kappa shape index (κ2) is 8.79. The van der Waals surface area contributed by atoms with Crippen molar-refractivity contribution in [2.45, 2.75) is 55.5 Å². The number of hydrogen-bond acceptors (Lipinski definition) is 8. The van der Waals surface area contributed by atoms with Crippen LogP contribution in [-0.4, -0.2) is 57.6 Å². The van der Waals surface area contributed by atoms with Gasteiger partial charge in [-0.1, -0.05) is 54.0 Å². The van der Waals surface area contributed by atoms with E-state index in [1.165, 1.54) is 0 Å². The van der Waals surface area contributed by atoms with E-state index in [0.29, 0.717) is 23.4 Å². The molecule has 0 radical (unpaired) electrons. The molecule has 1 unspecified atom stereocenters. The number of rotatable bonds is 7. The molecular weight excluding hydrogens is 438 g/mol. The van der Waals surface area contributed by atoms with E-state index in [4.69, 9.17) is 21.1 Å². The van der Waals surface area contributed by atoms with Crippen molar-refractivity contribution in [1.82, 2.24) is 0 Å². The minimum absolute atomic E-state index is 0.193. The fourth-order valence-corrected chi connectivity index (χ4v) is 4.63. The number of hydrogen-bond donors (Lipinski definition) is 4. The standard InChI is InChI=1S/C23H26ClNO7/c1-2-18(25-30)14-5-3-13(4-6-14)9-15-10-16(7-8-17(15)24)23-21(29)19(27)20(28)22(11-26,32-23)12-31-23/h3-8,10,18-21,26-29H,2,9,11-12H2,1H3/t18?,19-,20-,21+,22-,23-/m0/s1. The van der Waals surface area contributed by atoms with Gasteiger partial charge < -0.3 is 29.9 Å². The van der Waals surface area contributed by atoms with Gasteiger partial charge >= 0.3 is 0 Å². The molecule has 0 spiro atoms. The monoisotopic (exact) mass is 463 g/mol. The largest absolute Gasteiger partial charge is 0.393 e. The van der Waals surface area contributed by atoms with Gasteiger partial charge in [0.15, 0.2) is 0 Å². The van der Waals surface area contributed by atoms with Gasteiger partial charge in [0.05, 0.1) is 13.2 Å². The second-order valence-electron chi connectivity index (χ2n) is 8.42. The highest BCUT2D eigenvalue weighted by molar-refractivity contribution is 6.31. The lowest BCUT2D eigenvalue weighted by molar-refractivity contribution is -0.329. The lowest BCUT2D eigenvalue weighted by Gasteiger charge is -2.46. The molecule has 9 heteroatoms. The van der Waals surface area contributed by atoms with Crippen LogP contribution in [-0.2, 0) is 21.7 Å². The first kappa shape index (κ1) is 23.3. The second-order valence-corrected chi connectivity index (χ2v) is 8.82. The van der Waals surface area contributed by atoms with Crippen molar-refractivity contribution >= 4 is 11.6 Å². The van der Waals surface area contributed by atoms with Gasteiger partial charge in [-0.3, -0.25) is 0 Å². The van der Waals surface area contributed by atoms with E-state index < -0.39 is 36.3 Å². The van der Waals surface area contributed by atoms with Gasteiger partial charge in [0.1, 0.15) is 30.0 Å². The van der Waals surface area contributed by atoms with Gasteiger partial charge in [-0.15, -0.1) is 0 Å². The fraction of sp³-hybridized carbons (Fsp3) is 0.478. The van der Waals surface area contributed by atoms with E-state index in [9.17, 15) is 25.3 Å². The Morgan fingerprint density at radius 1 is 1.16 bits per heavy atom. The van der Waals surface area contributed by atoms with Crippen molar-refractivity contribution in [1.29, 1.82) is 0 Å². The predicted octanol–water partition coefficient (Wildman–Crippen LogP) is 2.18. The molecule has 6 atom stereocenters. The highest BCUT2D eigenvalue weighted by Gasteiger charge is 2.67. The molecule has 4 N–H and O–H groups in total. The molecule has 2 aliphatic rings. The zero-order valence-corrected chi connectivity index (χ0v) is 18.3. The number of aliphatic hydroxyl groups is 4. The molecule has 8 nitrogen and oxygen atoms in total. The lowest BCUT2D eigenvalue weighted by Crippen LogP contribution is -2.65. The summed E-state index contributed by atoms with van der Waals surface area (Å²) in [4.78, 5) is 11.0. The van der Waals surface area contributed by atoms with Crippen LogP contribution in [0.25, 0.3) is 0 Å². The number of benzene rings is 2. The first-order valence-corrected chi connectivity index (χ1v) is 10.9. The van der Waals surface area contributed by atoms with Crippen molar-refractivity contribution in [3.8, 4) is 0 Å². The Morgan fingerprint density at radius 3 is 2.50 bits per heavy atom. The van der Waals surface area contributed by atoms with Crippen LogP contribution < -0.4 is 0 Å². The summed E-state index contributed by atoms with van der Waals surface area (Å²) in [5.74, 6) is -1.74. The summed E-state index contributed by atoms with van der Waals surface area (Å²) in [6.45, 7) is 1.13. The number of nitrogens with zero attached hydrogens (tertiary/aromatic N) is 1. The van der Waals surface area contributed by atoms with Crippen molar-refractivity contribution in [2.24, 2.45) is 5.18 Å². The van der Waals surface area contributed by atoms with Gasteiger partial charge in [0, 0.05) is 10.6 Å². The SMILES string of the molecule is CCC(N=O)c1ccc(Cc2cc([C@]34OC[C@](CO)(O3)[C@@H](O)[C@H](O)[C@H]4O)ccc2Cl)cc1. The molecule has 2 saturated heterocycles. The molecule has 0 aromatic heterocycles. The highest BCUT2D eigenvalue weighted by Crippen LogP contribution is 2.49. The quantitative estimate of drug-likeness (QED) is 0.463. The van der Waals surface area contributed by atoms with Gasteiger partial charge in [-0.25, -0.2) is 0 Å². The first-order chi connectivity index (χ1) is 15.3. The molecular formula is C23H26ClNO7. The molecule has 2 heterocycles. The van der Waals surface area contributed by atoms with Crippen LogP contribution in [0, 0.1) is 4.91 Å². The third kappa shape index (κ3) is 3.66. The molecule has 2 aliphatic heterocycles. The summed E-state index contributed by atoms with van der Waals surface area (Å²) >= 11 is 6.42. The summed E-state index contributed by atoms with van der Waals surface area (Å²) in [5.41, 5.74) is 1.41. The zero-order chi connectivity index (χ0) is 23.1. The molecule has 0 aliphatic carbocycles. The maximum atomic E-state index is 11.0. The minimum atomic E-state index is -1.74. The number of fused-ring (bicyclic) bond motifs is 2. The first-order valence-electron chi connectivity index (χ1n) is 10.5. The Hall–Kier alpha value is -1.91. The summed E-state index contributed by atoms with van der Waals surface area (Å²) in [7, 11) is 0. The smallest absolute Gasteiger partial charge is 0.225 e. The molecule has 172 valence electrons. The Bertz CT molecular complexity index is 987. The summed E-state index contributed by atoms with van der Waals surface area (Å²) in [6.07, 6.45) is -3.56. The molecule has 4 rings (SSSR count). The maximum absolute atomic E-state index is 11.0. The molecule has 0 saturated carbocycles. The van der Waals surface area contributed by atoms with Crippen molar-refractivity contribution in [2.75, 3.05) is 13.2 Å². The summed E-state index contributed by atoms with van der Waals surface area (Å²) < 4.78 is 11.7. The molecule has 32 heavy (non-hydrogen) atoms. The van der Waals surface area contributed by atoms with E-state index >= 15 is 0 Å². The van der Waals surface area contributed by atoms with Crippen molar-refractivity contribution in [3.05, 3.63) is 74.6 Å². The van der Waals surface area contributed by atoms with Gasteiger partial charge in [0.25, 0.3) is 0 Å². The molecule has 2 fully saturated rings. The average Bonchev–Trinajstić information content (AvgIpc) is 3.20. The van der Waals surface area contributed by atoms with Gasteiger partial charge in [0.2, 0.25) is 5.79 Å². The van der Waals surface area contributed by atoms with Crippen molar-refractivity contribution < 1.29 is 29.9 Å².